The number of carbonyl (C=O) groups is 4. The van der Waals surface area contributed by atoms with Crippen molar-refractivity contribution >= 4 is 40.1 Å². The fraction of sp³-hybridized carbons (Fsp3) is 0.161. The maximum absolute atomic E-state index is 14.8. The van der Waals surface area contributed by atoms with Crippen molar-refractivity contribution in [1.29, 1.82) is 0 Å². The van der Waals surface area contributed by atoms with Crippen LogP contribution in [0, 0.1) is 6.92 Å². The number of hydrogen-bond acceptors (Lipinski definition) is 4. The van der Waals surface area contributed by atoms with E-state index in [0.29, 0.717) is 11.1 Å². The molecule has 0 bridgehead atoms. The minimum Gasteiger partial charge on any atom is -0.277 e. The first-order valence-corrected chi connectivity index (χ1v) is 12.4. The second-order valence-electron chi connectivity index (χ2n) is 10.2. The van der Waals surface area contributed by atoms with Gasteiger partial charge in [-0.05, 0) is 66.3 Å². The number of benzene rings is 4. The van der Waals surface area contributed by atoms with Gasteiger partial charge in [-0.15, -0.1) is 0 Å². The van der Waals surface area contributed by atoms with Gasteiger partial charge in [0.05, 0.1) is 27.9 Å². The molecule has 6 nitrogen and oxygen atoms in total. The highest BCUT2D eigenvalue weighted by Gasteiger charge is 2.55. The van der Waals surface area contributed by atoms with Crippen molar-refractivity contribution in [3.63, 3.8) is 0 Å². The van der Waals surface area contributed by atoms with Gasteiger partial charge in [-0.25, -0.2) is 4.90 Å². The molecule has 0 N–H and O–H groups in total. The third-order valence-corrected chi connectivity index (χ3v) is 8.06. The van der Waals surface area contributed by atoms with E-state index >= 15 is 0 Å². The molecule has 0 saturated carbocycles. The first-order valence-electron chi connectivity index (χ1n) is 12.4. The molecule has 9 heteroatoms. The average Bonchev–Trinajstić information content (AvgIpc) is 3.31. The van der Waals surface area contributed by atoms with Gasteiger partial charge in [0.15, 0.2) is 0 Å². The largest absolute Gasteiger partial charge is 0.402 e. The lowest BCUT2D eigenvalue weighted by Crippen LogP contribution is -2.41. The molecule has 0 spiro atoms. The van der Waals surface area contributed by atoms with Crippen molar-refractivity contribution < 1.29 is 32.3 Å². The van der Waals surface area contributed by atoms with E-state index in [4.69, 9.17) is 0 Å². The smallest absolute Gasteiger partial charge is 0.277 e. The molecule has 2 aliphatic rings. The quantitative estimate of drug-likeness (QED) is 0.296. The van der Waals surface area contributed by atoms with Gasteiger partial charge in [0, 0.05) is 12.4 Å². The molecule has 0 aromatic heterocycles. The van der Waals surface area contributed by atoms with Crippen LogP contribution in [0.15, 0.2) is 72.8 Å². The highest BCUT2D eigenvalue weighted by atomic mass is 19.4. The minimum absolute atomic E-state index is 0.000664. The number of carbonyl (C=O) groups excluding carboxylic acids is 4. The predicted molar refractivity (Wildman–Crippen MR) is 142 cm³/mol. The summed E-state index contributed by atoms with van der Waals surface area (Å²) < 4.78 is 44.5. The van der Waals surface area contributed by atoms with Gasteiger partial charge in [0.25, 0.3) is 23.6 Å². The molecular weight excluding hydrogens is 521 g/mol. The van der Waals surface area contributed by atoms with E-state index in [2.05, 4.69) is 0 Å². The molecule has 4 amide bonds. The van der Waals surface area contributed by atoms with E-state index < -0.39 is 35.2 Å². The molecule has 200 valence electrons. The summed E-state index contributed by atoms with van der Waals surface area (Å²) in [4.78, 5) is 53.7. The maximum atomic E-state index is 14.8. The third kappa shape index (κ3) is 3.30. The van der Waals surface area contributed by atoms with Crippen LogP contribution in [0.2, 0.25) is 0 Å². The summed E-state index contributed by atoms with van der Waals surface area (Å²) in [5.41, 5.74) is -2.16. The Bertz CT molecular complexity index is 1830. The Morgan fingerprint density at radius 2 is 1.12 bits per heavy atom. The van der Waals surface area contributed by atoms with Crippen LogP contribution in [-0.2, 0) is 5.41 Å². The van der Waals surface area contributed by atoms with E-state index in [-0.39, 0.29) is 33.4 Å². The number of fused-ring (bicyclic) bond motifs is 3. The van der Waals surface area contributed by atoms with Crippen LogP contribution in [0.3, 0.4) is 0 Å². The number of imide groups is 2. The second-order valence-corrected chi connectivity index (χ2v) is 10.2. The monoisotopic (exact) mass is 542 g/mol. The lowest BCUT2D eigenvalue weighted by atomic mass is 9.74. The maximum Gasteiger partial charge on any atom is 0.402 e. The Labute approximate surface area is 226 Å². The molecule has 2 heterocycles. The Hall–Kier alpha value is -4.79. The molecule has 1 atom stereocenters. The van der Waals surface area contributed by atoms with Gasteiger partial charge in [0.2, 0.25) is 0 Å². The highest BCUT2D eigenvalue weighted by Crippen LogP contribution is 2.48. The Morgan fingerprint density at radius 1 is 0.625 bits per heavy atom. The molecule has 2 aliphatic heterocycles. The zero-order valence-electron chi connectivity index (χ0n) is 21.6. The van der Waals surface area contributed by atoms with Crippen molar-refractivity contribution in [1.82, 2.24) is 4.90 Å². The van der Waals surface area contributed by atoms with Crippen molar-refractivity contribution in [2.24, 2.45) is 0 Å². The number of hydrogen-bond donors (Lipinski definition) is 0. The number of aryl methyl sites for hydroxylation is 1. The minimum atomic E-state index is -4.86. The summed E-state index contributed by atoms with van der Waals surface area (Å²) in [6, 6.07) is 17.7. The van der Waals surface area contributed by atoms with Crippen molar-refractivity contribution in [2.45, 2.75) is 25.4 Å². The third-order valence-electron chi connectivity index (χ3n) is 8.06. The molecular formula is C31H21F3N2O4. The summed E-state index contributed by atoms with van der Waals surface area (Å²) in [5.74, 6) is -2.64. The van der Waals surface area contributed by atoms with Gasteiger partial charge in [-0.1, -0.05) is 42.5 Å². The first-order chi connectivity index (χ1) is 18.9. The molecule has 0 saturated heterocycles. The number of amides is 4. The van der Waals surface area contributed by atoms with Crippen molar-refractivity contribution in [3.8, 4) is 0 Å². The van der Waals surface area contributed by atoms with Crippen LogP contribution in [-0.4, -0.2) is 41.8 Å². The summed E-state index contributed by atoms with van der Waals surface area (Å²) >= 11 is 0. The van der Waals surface area contributed by atoms with E-state index in [9.17, 15) is 32.3 Å². The Morgan fingerprint density at radius 3 is 1.75 bits per heavy atom. The van der Waals surface area contributed by atoms with Gasteiger partial charge < -0.3 is 0 Å². The molecule has 6 rings (SSSR count). The van der Waals surface area contributed by atoms with E-state index in [1.165, 1.54) is 31.3 Å². The molecule has 40 heavy (non-hydrogen) atoms. The Balaban J connectivity index is 1.48. The average molecular weight is 543 g/mol. The Kier molecular flexibility index (Phi) is 5.32. The van der Waals surface area contributed by atoms with E-state index in [1.807, 2.05) is 19.1 Å². The van der Waals surface area contributed by atoms with Crippen LogP contribution in [0.1, 0.15) is 65.0 Å². The van der Waals surface area contributed by atoms with Crippen LogP contribution in [0.25, 0.3) is 10.8 Å². The van der Waals surface area contributed by atoms with Crippen molar-refractivity contribution in [2.75, 3.05) is 11.9 Å². The van der Waals surface area contributed by atoms with Gasteiger partial charge >= 0.3 is 6.18 Å². The SMILES string of the molecule is Cc1cccc2c(N3C(=O)c4ccc(C(C)(c5ccc6c(c5)C(=O)N(C)C6=O)C(F)(F)F)cc4C3=O)cccc12. The molecule has 0 aliphatic carbocycles. The fourth-order valence-electron chi connectivity index (χ4n) is 5.58. The van der Waals surface area contributed by atoms with Gasteiger partial charge in [0.1, 0.15) is 5.41 Å². The molecule has 0 radical (unpaired) electrons. The lowest BCUT2D eigenvalue weighted by molar-refractivity contribution is -0.173. The summed E-state index contributed by atoms with van der Waals surface area (Å²) in [7, 11) is 1.26. The number of alkyl halides is 3. The molecule has 1 unspecified atom stereocenters. The van der Waals surface area contributed by atoms with Crippen LogP contribution in [0.5, 0.6) is 0 Å². The van der Waals surface area contributed by atoms with E-state index in [0.717, 1.165) is 39.8 Å². The fourth-order valence-corrected chi connectivity index (χ4v) is 5.58. The summed E-state index contributed by atoms with van der Waals surface area (Å²) in [6.45, 7) is 2.85. The van der Waals surface area contributed by atoms with Crippen LogP contribution >= 0.6 is 0 Å². The lowest BCUT2D eigenvalue weighted by Gasteiger charge is -2.33. The summed E-state index contributed by atoms with van der Waals surface area (Å²) in [5, 5.41) is 1.51. The van der Waals surface area contributed by atoms with Gasteiger partial charge in [-0.3, -0.25) is 24.1 Å². The first kappa shape index (κ1) is 25.5. The predicted octanol–water partition coefficient (Wildman–Crippen LogP) is 6.04. The second kappa shape index (κ2) is 8.35. The highest BCUT2D eigenvalue weighted by molar-refractivity contribution is 6.36. The number of nitrogens with zero attached hydrogens (tertiary/aromatic N) is 2. The number of anilines is 1. The summed E-state index contributed by atoms with van der Waals surface area (Å²) in [6.07, 6.45) is -4.86. The zero-order valence-corrected chi connectivity index (χ0v) is 21.6. The standard InChI is InChI=1S/C31H21F3N2O4/c1-16-6-4-8-20-19(16)7-5-9-25(20)36-28(39)22-13-11-18(15-24(22)29(36)40)30(2,31(32,33)34)17-10-12-21-23(14-17)27(38)35(3)26(21)37/h4-15H,1-3H3. The molecule has 4 aromatic rings. The molecule has 0 fully saturated rings. The zero-order chi connectivity index (χ0) is 28.7. The normalized spacial score (nSPS) is 16.6. The topological polar surface area (TPSA) is 74.8 Å². The van der Waals surface area contributed by atoms with E-state index in [1.54, 1.807) is 24.3 Å². The number of halogens is 3. The number of rotatable bonds is 3. The molecule has 4 aromatic carbocycles. The van der Waals surface area contributed by atoms with Gasteiger partial charge in [-0.2, -0.15) is 13.2 Å². The van der Waals surface area contributed by atoms with Crippen LogP contribution < -0.4 is 4.90 Å². The van der Waals surface area contributed by atoms with Crippen LogP contribution in [0.4, 0.5) is 18.9 Å². The van der Waals surface area contributed by atoms with Crippen molar-refractivity contribution in [3.05, 3.63) is 112 Å².